The fourth-order valence-corrected chi connectivity index (χ4v) is 3.37. The monoisotopic (exact) mass is 371 g/mol. The Morgan fingerprint density at radius 1 is 1.04 bits per heavy atom. The van der Waals surface area contributed by atoms with Crippen molar-refractivity contribution in [3.05, 3.63) is 66.7 Å². The zero-order chi connectivity index (χ0) is 18.6. The van der Waals surface area contributed by atoms with Crippen LogP contribution in [0.5, 0.6) is 0 Å². The quantitative estimate of drug-likeness (QED) is 0.690. The lowest BCUT2D eigenvalue weighted by Crippen LogP contribution is -2.13. The fraction of sp³-hybridized carbons (Fsp3) is 0.118. The van der Waals surface area contributed by atoms with E-state index in [-0.39, 0.29) is 10.8 Å². The van der Waals surface area contributed by atoms with Gasteiger partial charge in [0.2, 0.25) is 5.91 Å². The highest BCUT2D eigenvalue weighted by Gasteiger charge is 2.14. The molecular weight excluding hydrogens is 354 g/mol. The van der Waals surface area contributed by atoms with Crippen LogP contribution in [0.2, 0.25) is 0 Å². The Morgan fingerprint density at radius 3 is 2.27 bits per heavy atom. The Balaban J connectivity index is 1.69. The van der Waals surface area contributed by atoms with E-state index in [1.54, 1.807) is 23.1 Å². The minimum absolute atomic E-state index is 0.110. The van der Waals surface area contributed by atoms with E-state index in [2.05, 4.69) is 20.1 Å². The van der Waals surface area contributed by atoms with Crippen molar-refractivity contribution in [1.82, 2.24) is 14.8 Å². The second-order valence-corrected chi connectivity index (χ2v) is 7.28. The van der Waals surface area contributed by atoms with Crippen LogP contribution < -0.4 is 10.0 Å². The van der Waals surface area contributed by atoms with Crippen molar-refractivity contribution in [2.75, 3.05) is 10.0 Å². The van der Waals surface area contributed by atoms with E-state index in [9.17, 15) is 13.2 Å². The number of nitrogens with zero attached hydrogens (tertiary/aromatic N) is 3. The van der Waals surface area contributed by atoms with Crippen LogP contribution in [0.3, 0.4) is 0 Å². The molecule has 3 aromatic rings. The lowest BCUT2D eigenvalue weighted by molar-refractivity contribution is -0.114. The van der Waals surface area contributed by atoms with Gasteiger partial charge in [-0.05, 0) is 42.0 Å². The molecule has 0 atom stereocenters. The fourth-order valence-electron chi connectivity index (χ4n) is 2.31. The summed E-state index contributed by atoms with van der Waals surface area (Å²) in [4.78, 5) is 15.0. The first-order valence-corrected chi connectivity index (χ1v) is 9.22. The van der Waals surface area contributed by atoms with E-state index in [1.165, 1.54) is 37.5 Å². The molecule has 134 valence electrons. The van der Waals surface area contributed by atoms with Gasteiger partial charge in [-0.3, -0.25) is 9.52 Å². The molecule has 0 saturated heterocycles. The van der Waals surface area contributed by atoms with Gasteiger partial charge in [-0.15, -0.1) is 0 Å². The van der Waals surface area contributed by atoms with Crippen LogP contribution in [0.25, 0.3) is 0 Å². The van der Waals surface area contributed by atoms with E-state index in [0.717, 1.165) is 5.56 Å². The summed E-state index contributed by atoms with van der Waals surface area (Å²) < 4.78 is 29.1. The Bertz CT molecular complexity index is 982. The van der Waals surface area contributed by atoms with Gasteiger partial charge in [0.15, 0.2) is 0 Å². The number of carbonyl (C=O) groups is 1. The topological polar surface area (TPSA) is 106 Å². The van der Waals surface area contributed by atoms with Crippen molar-refractivity contribution in [2.45, 2.75) is 18.4 Å². The maximum atomic E-state index is 12.5. The van der Waals surface area contributed by atoms with Crippen LogP contribution in [0.1, 0.15) is 12.5 Å². The third kappa shape index (κ3) is 4.45. The molecule has 0 radical (unpaired) electrons. The summed E-state index contributed by atoms with van der Waals surface area (Å²) in [7, 11) is -3.71. The molecule has 9 heteroatoms. The van der Waals surface area contributed by atoms with Crippen molar-refractivity contribution in [3.63, 3.8) is 0 Å². The zero-order valence-corrected chi connectivity index (χ0v) is 14.8. The van der Waals surface area contributed by atoms with Crippen LogP contribution in [0.4, 0.5) is 11.4 Å². The molecular formula is C17H17N5O3S. The van der Waals surface area contributed by atoms with Crippen molar-refractivity contribution < 1.29 is 13.2 Å². The number of aromatic nitrogens is 3. The molecule has 2 N–H and O–H groups in total. The molecule has 0 spiro atoms. The number of sulfonamides is 1. The maximum absolute atomic E-state index is 12.5. The minimum Gasteiger partial charge on any atom is -0.326 e. The average molecular weight is 371 g/mol. The molecule has 0 aliphatic heterocycles. The lowest BCUT2D eigenvalue weighted by Gasteiger charge is -2.10. The first kappa shape index (κ1) is 17.6. The van der Waals surface area contributed by atoms with Crippen molar-refractivity contribution in [2.24, 2.45) is 0 Å². The number of benzene rings is 2. The van der Waals surface area contributed by atoms with Crippen LogP contribution >= 0.6 is 0 Å². The highest BCUT2D eigenvalue weighted by atomic mass is 32.2. The number of anilines is 2. The molecule has 3 rings (SSSR count). The molecule has 0 aliphatic carbocycles. The van der Waals surface area contributed by atoms with E-state index < -0.39 is 10.0 Å². The van der Waals surface area contributed by atoms with Gasteiger partial charge in [0.1, 0.15) is 12.7 Å². The van der Waals surface area contributed by atoms with E-state index >= 15 is 0 Å². The second kappa shape index (κ2) is 7.36. The number of rotatable bonds is 6. The molecule has 0 unspecified atom stereocenters. The van der Waals surface area contributed by atoms with Crippen molar-refractivity contribution in [3.8, 4) is 0 Å². The van der Waals surface area contributed by atoms with Crippen molar-refractivity contribution >= 4 is 27.3 Å². The normalized spacial score (nSPS) is 11.1. The zero-order valence-electron chi connectivity index (χ0n) is 14.0. The third-order valence-electron chi connectivity index (χ3n) is 3.50. The Hall–Kier alpha value is -3.20. The van der Waals surface area contributed by atoms with Gasteiger partial charge in [0.05, 0.1) is 11.4 Å². The molecule has 8 nitrogen and oxygen atoms in total. The van der Waals surface area contributed by atoms with E-state index in [4.69, 9.17) is 0 Å². The summed E-state index contributed by atoms with van der Waals surface area (Å²) in [5, 5.41) is 6.62. The maximum Gasteiger partial charge on any atom is 0.261 e. The molecule has 0 aliphatic rings. The van der Waals surface area contributed by atoms with Crippen LogP contribution in [-0.2, 0) is 21.4 Å². The predicted molar refractivity (Wildman–Crippen MR) is 97.1 cm³/mol. The Kier molecular flexibility index (Phi) is 4.99. The minimum atomic E-state index is -3.71. The highest BCUT2D eigenvalue weighted by Crippen LogP contribution is 2.19. The molecule has 26 heavy (non-hydrogen) atoms. The second-order valence-electron chi connectivity index (χ2n) is 5.60. The van der Waals surface area contributed by atoms with Gasteiger partial charge >= 0.3 is 0 Å². The predicted octanol–water partition coefficient (Wildman–Crippen LogP) is 2.09. The SMILES string of the molecule is CC(=O)Nc1ccc(S(=O)(=O)Nc2ccc(Cn3cncn3)cc2)cc1. The molecule has 1 amide bonds. The molecule has 2 aromatic carbocycles. The van der Waals surface area contributed by atoms with Crippen molar-refractivity contribution in [1.29, 1.82) is 0 Å². The third-order valence-corrected chi connectivity index (χ3v) is 4.90. The smallest absolute Gasteiger partial charge is 0.261 e. The summed E-state index contributed by atoms with van der Waals surface area (Å²) >= 11 is 0. The van der Waals surface area contributed by atoms with Crippen LogP contribution in [0, 0.1) is 0 Å². The van der Waals surface area contributed by atoms with Gasteiger partial charge in [0, 0.05) is 18.3 Å². The molecule has 1 heterocycles. The Morgan fingerprint density at radius 2 is 1.69 bits per heavy atom. The van der Waals surface area contributed by atoms with E-state index in [1.807, 2.05) is 12.1 Å². The number of hydrogen-bond donors (Lipinski definition) is 2. The first-order chi connectivity index (χ1) is 12.4. The summed E-state index contributed by atoms with van der Waals surface area (Å²) in [5.41, 5.74) is 1.96. The van der Waals surface area contributed by atoms with Crippen LogP contribution in [0.15, 0.2) is 66.1 Å². The first-order valence-electron chi connectivity index (χ1n) is 7.74. The molecule has 0 saturated carbocycles. The summed E-state index contributed by atoms with van der Waals surface area (Å²) in [5.74, 6) is -0.218. The van der Waals surface area contributed by atoms with E-state index in [0.29, 0.717) is 17.9 Å². The average Bonchev–Trinajstić information content (AvgIpc) is 3.09. The molecule has 0 fully saturated rings. The number of carbonyl (C=O) groups excluding carboxylic acids is 1. The highest BCUT2D eigenvalue weighted by molar-refractivity contribution is 7.92. The summed E-state index contributed by atoms with van der Waals surface area (Å²) in [6, 6.07) is 13.0. The number of hydrogen-bond acceptors (Lipinski definition) is 5. The van der Waals surface area contributed by atoms with Gasteiger partial charge < -0.3 is 5.32 Å². The van der Waals surface area contributed by atoms with Gasteiger partial charge in [-0.2, -0.15) is 5.10 Å². The standard InChI is InChI=1S/C17H17N5O3S/c1-13(23)20-15-6-8-17(9-7-15)26(24,25)21-16-4-2-14(3-5-16)10-22-12-18-11-19-22/h2-9,11-12,21H,10H2,1H3,(H,20,23). The number of nitrogens with one attached hydrogen (secondary N) is 2. The van der Waals surface area contributed by atoms with Gasteiger partial charge in [-0.25, -0.2) is 18.1 Å². The number of amides is 1. The summed E-state index contributed by atoms with van der Waals surface area (Å²) in [6.45, 7) is 1.94. The molecule has 0 bridgehead atoms. The largest absolute Gasteiger partial charge is 0.326 e. The molecule has 1 aromatic heterocycles. The lowest BCUT2D eigenvalue weighted by atomic mass is 10.2. The van der Waals surface area contributed by atoms with Gasteiger partial charge in [0.25, 0.3) is 10.0 Å². The Labute approximate surface area is 150 Å². The van der Waals surface area contributed by atoms with Crippen LogP contribution in [-0.4, -0.2) is 29.1 Å². The summed E-state index contributed by atoms with van der Waals surface area (Å²) in [6.07, 6.45) is 3.07. The van der Waals surface area contributed by atoms with Gasteiger partial charge in [-0.1, -0.05) is 12.1 Å².